The molecule has 2 atom stereocenters. The van der Waals surface area contributed by atoms with E-state index in [0.29, 0.717) is 38.8 Å². The van der Waals surface area contributed by atoms with Crippen molar-refractivity contribution in [2.24, 2.45) is 5.92 Å². The van der Waals surface area contributed by atoms with Gasteiger partial charge in [0.1, 0.15) is 18.7 Å². The lowest BCUT2D eigenvalue weighted by Gasteiger charge is -2.31. The van der Waals surface area contributed by atoms with Crippen LogP contribution in [0.15, 0.2) is 0 Å². The zero-order valence-corrected chi connectivity index (χ0v) is 26.2. The number of quaternary nitrogens is 1. The zero-order chi connectivity index (χ0) is 28.8. The van der Waals surface area contributed by atoms with Crippen LogP contribution in [0.5, 0.6) is 0 Å². The van der Waals surface area contributed by atoms with E-state index in [2.05, 4.69) is 28.1 Å². The van der Waals surface area contributed by atoms with Crippen LogP contribution in [0.4, 0.5) is 0 Å². The summed E-state index contributed by atoms with van der Waals surface area (Å²) in [5.41, 5.74) is 0. The van der Waals surface area contributed by atoms with Gasteiger partial charge in [0.2, 0.25) is 0 Å². The Bertz CT molecular complexity index is 614. The molecule has 0 aromatic rings. The second kappa shape index (κ2) is 22.6. The van der Waals surface area contributed by atoms with Gasteiger partial charge in [0.05, 0.1) is 41.0 Å². The average Bonchev–Trinajstić information content (AvgIpc) is 2.87. The van der Waals surface area contributed by atoms with Crippen LogP contribution in [0.3, 0.4) is 0 Å². The Kier molecular flexibility index (Phi) is 20.9. The van der Waals surface area contributed by atoms with Crippen molar-refractivity contribution in [1.29, 1.82) is 0 Å². The fraction of sp³-hybridized carbons (Fsp3) is 0.938. The molecule has 0 aromatic heterocycles. The highest BCUT2D eigenvalue weighted by Crippen LogP contribution is 2.30. The summed E-state index contributed by atoms with van der Waals surface area (Å²) >= 11 is 0. The van der Waals surface area contributed by atoms with Crippen molar-refractivity contribution in [2.75, 3.05) is 54.1 Å². The smallest absolute Gasteiger partial charge is 0.313 e. The Morgan fingerprint density at radius 1 is 0.769 bits per heavy atom. The molecule has 1 aliphatic rings. The van der Waals surface area contributed by atoms with Crippen molar-refractivity contribution in [1.82, 2.24) is 0 Å². The van der Waals surface area contributed by atoms with Gasteiger partial charge in [0.25, 0.3) is 0 Å². The molecule has 0 N–H and O–H groups in total. The maximum atomic E-state index is 12.5. The third-order valence-corrected chi connectivity index (χ3v) is 7.47. The Labute approximate surface area is 240 Å². The summed E-state index contributed by atoms with van der Waals surface area (Å²) < 4.78 is 24.9. The summed E-state index contributed by atoms with van der Waals surface area (Å²) in [7, 11) is 6.42. The maximum absolute atomic E-state index is 12.5. The van der Waals surface area contributed by atoms with Gasteiger partial charge in [-0.3, -0.25) is 9.59 Å². The van der Waals surface area contributed by atoms with Crippen LogP contribution in [0.25, 0.3) is 0 Å². The SMILES string of the molecule is CCCCCCCCCCCCOC(OCCOCC[N+](C)(C)C)C(CC1CCCCC1)OC(=O)CC(C)=O. The number of hydrogen-bond donors (Lipinski definition) is 0. The van der Waals surface area contributed by atoms with Gasteiger partial charge in [-0.05, 0) is 25.7 Å². The Hall–Kier alpha value is -1.02. The van der Waals surface area contributed by atoms with E-state index in [1.807, 2.05) is 0 Å². The first-order valence-electron chi connectivity index (χ1n) is 16.0. The number of ether oxygens (including phenoxy) is 4. The number of carbonyl (C=O) groups excluding carboxylic acids is 2. The summed E-state index contributed by atoms with van der Waals surface area (Å²) in [5.74, 6) is -0.189. The molecule has 1 fully saturated rings. The Balaban J connectivity index is 2.59. The topological polar surface area (TPSA) is 71.1 Å². The summed E-state index contributed by atoms with van der Waals surface area (Å²) in [6, 6.07) is 0. The van der Waals surface area contributed by atoms with Crippen molar-refractivity contribution < 1.29 is 33.0 Å². The van der Waals surface area contributed by atoms with Gasteiger partial charge in [0, 0.05) is 6.61 Å². The lowest BCUT2D eigenvalue weighted by atomic mass is 9.85. The first-order chi connectivity index (χ1) is 18.7. The van der Waals surface area contributed by atoms with E-state index in [-0.39, 0.29) is 12.2 Å². The van der Waals surface area contributed by atoms with Gasteiger partial charge < -0.3 is 23.4 Å². The number of Topliss-reactive ketones (excluding diaryl/α,β-unsaturated/α-hetero) is 1. The van der Waals surface area contributed by atoms with Crippen molar-refractivity contribution in [3.63, 3.8) is 0 Å². The number of rotatable bonds is 25. The summed E-state index contributed by atoms with van der Waals surface area (Å²) in [4.78, 5) is 24.0. The number of likely N-dealkylation sites (N-methyl/N-ethyl adjacent to an activating group) is 1. The highest BCUT2D eigenvalue weighted by Gasteiger charge is 2.31. The molecule has 2 unspecified atom stereocenters. The fourth-order valence-corrected chi connectivity index (χ4v) is 5.10. The van der Waals surface area contributed by atoms with Crippen LogP contribution in [0, 0.1) is 5.92 Å². The molecule has 1 rings (SSSR count). The van der Waals surface area contributed by atoms with Gasteiger partial charge in [-0.15, -0.1) is 0 Å². The molecular weight excluding hydrogens is 494 g/mol. The first-order valence-corrected chi connectivity index (χ1v) is 16.0. The van der Waals surface area contributed by atoms with Crippen LogP contribution in [0.1, 0.15) is 123 Å². The number of nitrogens with zero attached hydrogens (tertiary/aromatic N) is 1. The highest BCUT2D eigenvalue weighted by atomic mass is 16.7. The molecule has 0 aliphatic heterocycles. The first kappa shape index (κ1) is 36.0. The molecule has 0 saturated heterocycles. The second-order valence-electron chi connectivity index (χ2n) is 12.6. The molecule has 1 aliphatic carbocycles. The van der Waals surface area contributed by atoms with Crippen LogP contribution < -0.4 is 0 Å². The van der Waals surface area contributed by atoms with Gasteiger partial charge in [-0.25, -0.2) is 0 Å². The molecule has 39 heavy (non-hydrogen) atoms. The Morgan fingerprint density at radius 3 is 1.95 bits per heavy atom. The average molecular weight is 557 g/mol. The fourth-order valence-electron chi connectivity index (χ4n) is 5.10. The molecular formula is C32H62NO6+. The van der Waals surface area contributed by atoms with E-state index in [0.717, 1.165) is 36.7 Å². The van der Waals surface area contributed by atoms with E-state index in [9.17, 15) is 9.59 Å². The quantitative estimate of drug-likeness (QED) is 0.0403. The van der Waals surface area contributed by atoms with E-state index >= 15 is 0 Å². The van der Waals surface area contributed by atoms with Crippen molar-refractivity contribution in [3.8, 4) is 0 Å². The molecule has 7 heteroatoms. The summed E-state index contributed by atoms with van der Waals surface area (Å²) in [5, 5.41) is 0. The number of hydrogen-bond acceptors (Lipinski definition) is 6. The molecule has 7 nitrogen and oxygen atoms in total. The molecule has 0 aromatic carbocycles. The molecule has 0 bridgehead atoms. The number of esters is 1. The zero-order valence-electron chi connectivity index (χ0n) is 26.2. The van der Waals surface area contributed by atoms with Crippen LogP contribution in [-0.4, -0.2) is 82.7 Å². The molecule has 230 valence electrons. The number of ketones is 1. The van der Waals surface area contributed by atoms with Gasteiger partial charge in [0.15, 0.2) is 12.4 Å². The standard InChI is InChI=1S/C32H62NO6/c1-6-7-8-9-10-11-12-13-14-18-22-37-32(38-25-24-36-23-21-33(3,4)5)30(39-31(35)26-28(2)34)27-29-19-16-15-17-20-29/h29-30,32H,6-27H2,1-5H3/q+1. The molecule has 0 radical (unpaired) electrons. The molecule has 0 heterocycles. The molecule has 1 saturated carbocycles. The normalized spacial score (nSPS) is 16.2. The minimum absolute atomic E-state index is 0.189. The third-order valence-electron chi connectivity index (χ3n) is 7.47. The third kappa shape index (κ3) is 21.4. The minimum Gasteiger partial charge on any atom is -0.457 e. The van der Waals surface area contributed by atoms with Crippen LogP contribution >= 0.6 is 0 Å². The number of unbranched alkanes of at least 4 members (excludes halogenated alkanes) is 9. The maximum Gasteiger partial charge on any atom is 0.313 e. The van der Waals surface area contributed by atoms with Gasteiger partial charge >= 0.3 is 5.97 Å². The lowest BCUT2D eigenvalue weighted by molar-refractivity contribution is -0.870. The molecule has 0 amide bonds. The van der Waals surface area contributed by atoms with Gasteiger partial charge in [-0.1, -0.05) is 96.8 Å². The van der Waals surface area contributed by atoms with E-state index < -0.39 is 18.4 Å². The van der Waals surface area contributed by atoms with Crippen molar-refractivity contribution >= 4 is 11.8 Å². The predicted octanol–water partition coefficient (Wildman–Crippen LogP) is 6.85. The van der Waals surface area contributed by atoms with E-state index in [1.165, 1.54) is 77.6 Å². The van der Waals surface area contributed by atoms with E-state index in [4.69, 9.17) is 18.9 Å². The van der Waals surface area contributed by atoms with E-state index in [1.54, 1.807) is 0 Å². The van der Waals surface area contributed by atoms with Crippen LogP contribution in [-0.2, 0) is 28.5 Å². The minimum atomic E-state index is -0.636. The van der Waals surface area contributed by atoms with Crippen molar-refractivity contribution in [2.45, 2.75) is 135 Å². The lowest BCUT2D eigenvalue weighted by Crippen LogP contribution is -2.39. The van der Waals surface area contributed by atoms with Gasteiger partial charge in [-0.2, -0.15) is 0 Å². The highest BCUT2D eigenvalue weighted by molar-refractivity contribution is 5.94. The Morgan fingerprint density at radius 2 is 1.36 bits per heavy atom. The van der Waals surface area contributed by atoms with Crippen molar-refractivity contribution in [3.05, 3.63) is 0 Å². The predicted molar refractivity (Wildman–Crippen MR) is 158 cm³/mol. The van der Waals surface area contributed by atoms with Crippen LogP contribution in [0.2, 0.25) is 0 Å². The summed E-state index contributed by atoms with van der Waals surface area (Å²) in [6.07, 6.45) is 18.0. The second-order valence-corrected chi connectivity index (χ2v) is 12.6. The number of carbonyl (C=O) groups is 2. The monoisotopic (exact) mass is 556 g/mol. The largest absolute Gasteiger partial charge is 0.457 e. The molecule has 0 spiro atoms. The summed E-state index contributed by atoms with van der Waals surface area (Å²) in [6.45, 7) is 6.69.